The van der Waals surface area contributed by atoms with Gasteiger partial charge in [-0.3, -0.25) is 0 Å². The van der Waals surface area contributed by atoms with Gasteiger partial charge in [-0.2, -0.15) is 0 Å². The fourth-order valence-corrected chi connectivity index (χ4v) is 7.45. The molecule has 0 bridgehead atoms. The quantitative estimate of drug-likeness (QED) is 0.174. The van der Waals surface area contributed by atoms with E-state index in [0.717, 1.165) is 44.2 Å². The summed E-state index contributed by atoms with van der Waals surface area (Å²) in [6, 6.07) is 34.7. The molecule has 0 spiro atoms. The molecule has 240 valence electrons. The first-order chi connectivity index (χ1) is 29.8. The van der Waals surface area contributed by atoms with E-state index in [1.807, 2.05) is 72.8 Å². The van der Waals surface area contributed by atoms with Crippen LogP contribution >= 0.6 is 0 Å². The summed E-state index contributed by atoms with van der Waals surface area (Å²) in [6.45, 7) is 1.46. The van der Waals surface area contributed by atoms with Gasteiger partial charge in [0.25, 0.3) is 0 Å². The van der Waals surface area contributed by atoms with Crippen LogP contribution in [0, 0.1) is 6.92 Å². The zero-order chi connectivity index (χ0) is 43.5. The molecule has 2 heteroatoms. The van der Waals surface area contributed by atoms with Crippen molar-refractivity contribution < 1.29 is 15.1 Å². The van der Waals surface area contributed by atoms with Crippen molar-refractivity contribution in [3.8, 4) is 44.8 Å². The van der Waals surface area contributed by atoms with E-state index < -0.39 is 48.3 Å². The molecule has 0 fully saturated rings. The van der Waals surface area contributed by atoms with Gasteiger partial charge in [0, 0.05) is 32.8 Å². The minimum Gasteiger partial charge on any atom is -0.309 e. The maximum Gasteiger partial charge on any atom is 0.0645 e. The van der Waals surface area contributed by atoms with E-state index in [-0.39, 0.29) is 56.7 Å². The molecule has 0 aliphatic carbocycles. The summed E-state index contributed by atoms with van der Waals surface area (Å²) in [5, 5.41) is 2.12. The predicted molar refractivity (Wildman–Crippen MR) is 216 cm³/mol. The Hall–Kier alpha value is -6.64. The topological polar surface area (TPSA) is 9.86 Å². The Labute approximate surface area is 312 Å². The van der Waals surface area contributed by atoms with Crippen LogP contribution in [-0.4, -0.2) is 9.13 Å². The minimum absolute atomic E-state index is 0.0599. The molecule has 8 aromatic carbocycles. The Bertz CT molecular complexity index is 3520. The standard InChI is InChI=1S/C49H34N2/c1-33-29-31-35(32-30-33)50-44-25-11-8-20-41(44)49-40(23-14-27-46(49)50)38-18-6-5-17-37(38)39-19-7-10-24-43(39)51-45-26-12-9-21-42(45)48-36(22-13-28-47(48)51)34-15-3-2-4-16-34/h2-32H,1H3/i8D,11D,14D,20D,23D,25D,27D,29D,30D,31D,32D. The van der Waals surface area contributed by atoms with Gasteiger partial charge in [-0.05, 0) is 77.1 Å². The predicted octanol–water partition coefficient (Wildman–Crippen LogP) is 13.2. The number of nitrogens with zero attached hydrogens (tertiary/aromatic N) is 2. The van der Waals surface area contributed by atoms with Gasteiger partial charge in [-0.15, -0.1) is 0 Å². The zero-order valence-electron chi connectivity index (χ0n) is 38.4. The number of fused-ring (bicyclic) bond motifs is 6. The van der Waals surface area contributed by atoms with Crippen LogP contribution in [0.1, 0.15) is 20.6 Å². The first-order valence-electron chi connectivity index (χ1n) is 22.2. The first kappa shape index (κ1) is 20.1. The first-order valence-corrected chi connectivity index (χ1v) is 16.7. The summed E-state index contributed by atoms with van der Waals surface area (Å²) in [6.07, 6.45) is 0. The van der Waals surface area contributed by atoms with E-state index in [0.29, 0.717) is 11.1 Å². The molecule has 10 rings (SSSR count). The highest BCUT2D eigenvalue weighted by molar-refractivity contribution is 6.18. The smallest absolute Gasteiger partial charge is 0.0645 e. The normalized spacial score (nSPS) is 14.6. The van der Waals surface area contributed by atoms with Crippen LogP contribution in [0.3, 0.4) is 0 Å². The van der Waals surface area contributed by atoms with E-state index in [4.69, 9.17) is 8.22 Å². The Morgan fingerprint density at radius 3 is 1.86 bits per heavy atom. The summed E-state index contributed by atoms with van der Waals surface area (Å²) in [4.78, 5) is 0. The van der Waals surface area contributed by atoms with Gasteiger partial charge in [-0.1, -0.05) is 151 Å². The third-order valence-electron chi connectivity index (χ3n) is 9.59. The van der Waals surface area contributed by atoms with Crippen LogP contribution in [-0.2, 0) is 0 Å². The van der Waals surface area contributed by atoms with E-state index in [1.54, 1.807) is 12.1 Å². The molecule has 0 unspecified atom stereocenters. The average molecular weight is 662 g/mol. The van der Waals surface area contributed by atoms with Gasteiger partial charge in [0.2, 0.25) is 0 Å². The van der Waals surface area contributed by atoms with Crippen LogP contribution in [0.2, 0.25) is 0 Å². The van der Waals surface area contributed by atoms with Gasteiger partial charge in [0.05, 0.1) is 42.8 Å². The second-order valence-corrected chi connectivity index (χ2v) is 12.5. The van der Waals surface area contributed by atoms with Crippen molar-refractivity contribution in [2.75, 3.05) is 0 Å². The molecule has 0 radical (unpaired) electrons. The van der Waals surface area contributed by atoms with Crippen molar-refractivity contribution >= 4 is 43.6 Å². The Balaban J connectivity index is 1.35. The van der Waals surface area contributed by atoms with Crippen molar-refractivity contribution in [1.29, 1.82) is 0 Å². The van der Waals surface area contributed by atoms with Crippen LogP contribution in [0.5, 0.6) is 0 Å². The molecule has 2 heterocycles. The summed E-state index contributed by atoms with van der Waals surface area (Å²) in [5.41, 5.74) is 6.30. The third-order valence-corrected chi connectivity index (χ3v) is 9.59. The van der Waals surface area contributed by atoms with Crippen LogP contribution in [0.4, 0.5) is 0 Å². The monoisotopic (exact) mass is 661 g/mol. The van der Waals surface area contributed by atoms with Gasteiger partial charge in [-0.25, -0.2) is 0 Å². The zero-order valence-corrected chi connectivity index (χ0v) is 27.4. The molecule has 0 N–H and O–H groups in total. The molecule has 0 aliphatic rings. The molecular weight excluding hydrogens is 617 g/mol. The van der Waals surface area contributed by atoms with E-state index in [2.05, 4.69) is 41.0 Å². The molecule has 2 aromatic heterocycles. The lowest BCUT2D eigenvalue weighted by atomic mass is 9.91. The molecule has 0 amide bonds. The largest absolute Gasteiger partial charge is 0.309 e. The van der Waals surface area contributed by atoms with E-state index in [1.165, 1.54) is 11.5 Å². The molecule has 0 saturated carbocycles. The highest BCUT2D eigenvalue weighted by atomic mass is 15.0. The lowest BCUT2D eigenvalue weighted by Gasteiger charge is -2.17. The average Bonchev–Trinajstić information content (AvgIpc) is 3.82. The van der Waals surface area contributed by atoms with Crippen molar-refractivity contribution in [3.63, 3.8) is 0 Å². The maximum atomic E-state index is 9.57. The number of benzene rings is 8. The Kier molecular flexibility index (Phi) is 4.64. The van der Waals surface area contributed by atoms with Gasteiger partial charge in [0.15, 0.2) is 0 Å². The number of hydrogen-bond donors (Lipinski definition) is 0. The molecular formula is C49H34N2. The maximum absolute atomic E-state index is 9.57. The van der Waals surface area contributed by atoms with Crippen molar-refractivity contribution in [1.82, 2.24) is 9.13 Å². The summed E-state index contributed by atoms with van der Waals surface area (Å²) in [5.74, 6) is 0. The van der Waals surface area contributed by atoms with E-state index >= 15 is 0 Å². The third kappa shape index (κ3) is 4.57. The number of rotatable bonds is 5. The molecule has 51 heavy (non-hydrogen) atoms. The van der Waals surface area contributed by atoms with Gasteiger partial charge < -0.3 is 9.13 Å². The summed E-state index contributed by atoms with van der Waals surface area (Å²) >= 11 is 0. The summed E-state index contributed by atoms with van der Waals surface area (Å²) < 4.78 is 103. The second-order valence-electron chi connectivity index (χ2n) is 12.5. The van der Waals surface area contributed by atoms with Crippen LogP contribution in [0.25, 0.3) is 88.4 Å². The molecule has 0 atom stereocenters. The van der Waals surface area contributed by atoms with Crippen molar-refractivity contribution in [2.24, 2.45) is 0 Å². The minimum atomic E-state index is -0.602. The SMILES string of the molecule is [2H]c1c([2H])c(-n2c3c([2H])c([2H])c([2H])c([2H])c3c3c(-c4ccccc4-c4ccccc4-n4c5ccccc5c5c(-c6ccccc6)cccc54)c([2H])c([2H])c([2H])c32)c([2H])c([2H])c1C. The number of para-hydroxylation sites is 3. The Morgan fingerprint density at radius 2 is 1.02 bits per heavy atom. The molecule has 0 aliphatic heterocycles. The number of hydrogen-bond acceptors (Lipinski definition) is 0. The van der Waals surface area contributed by atoms with E-state index in [9.17, 15) is 6.85 Å². The van der Waals surface area contributed by atoms with Gasteiger partial charge >= 0.3 is 0 Å². The van der Waals surface area contributed by atoms with Gasteiger partial charge in [0.1, 0.15) is 0 Å². The Morgan fingerprint density at radius 1 is 0.392 bits per heavy atom. The lowest BCUT2D eigenvalue weighted by molar-refractivity contribution is 1.17. The summed E-state index contributed by atoms with van der Waals surface area (Å²) in [7, 11) is 0. The fraction of sp³-hybridized carbons (Fsp3) is 0.0204. The highest BCUT2D eigenvalue weighted by Crippen LogP contribution is 2.45. The van der Waals surface area contributed by atoms with Crippen molar-refractivity contribution in [3.05, 3.63) is 193 Å². The van der Waals surface area contributed by atoms with Crippen molar-refractivity contribution in [2.45, 2.75) is 6.92 Å². The van der Waals surface area contributed by atoms with Crippen LogP contribution in [0.15, 0.2) is 188 Å². The fourth-order valence-electron chi connectivity index (χ4n) is 7.45. The second kappa shape index (κ2) is 11.8. The lowest BCUT2D eigenvalue weighted by Crippen LogP contribution is -1.98. The molecule has 10 aromatic rings. The highest BCUT2D eigenvalue weighted by Gasteiger charge is 2.21. The van der Waals surface area contributed by atoms with Crippen LogP contribution < -0.4 is 0 Å². The molecule has 2 nitrogen and oxygen atoms in total. The molecule has 0 saturated heterocycles. The number of aromatic nitrogens is 2.